The molecule has 1 aliphatic carbocycles. The van der Waals surface area contributed by atoms with E-state index in [9.17, 15) is 23.4 Å². The Hall–Kier alpha value is -2.29. The van der Waals surface area contributed by atoms with Crippen molar-refractivity contribution >= 4 is 27.5 Å². The fourth-order valence-corrected chi connectivity index (χ4v) is 5.36. The van der Waals surface area contributed by atoms with Crippen LogP contribution in [-0.2, 0) is 21.2 Å². The maximum Gasteiger partial charge on any atom is 0.240 e. The van der Waals surface area contributed by atoms with Crippen LogP contribution in [0.5, 0.6) is 11.5 Å². The number of phenolic OH excluding ortho intramolecular Hbond substituents is 2. The van der Waals surface area contributed by atoms with Crippen molar-refractivity contribution in [1.82, 2.24) is 4.72 Å². The lowest BCUT2D eigenvalue weighted by Gasteiger charge is -2.29. The van der Waals surface area contributed by atoms with E-state index in [0.717, 1.165) is 5.56 Å². The number of nitrogens with one attached hydrogen (secondary N) is 1. The zero-order valence-corrected chi connectivity index (χ0v) is 17.2. The molecule has 2 aromatic carbocycles. The van der Waals surface area contributed by atoms with E-state index in [1.165, 1.54) is 30.3 Å². The van der Waals surface area contributed by atoms with Crippen molar-refractivity contribution in [3.05, 3.63) is 52.5 Å². The average Bonchev–Trinajstić information content (AvgIpc) is 2.63. The summed E-state index contributed by atoms with van der Waals surface area (Å²) in [6.07, 6.45) is 2.61. The Bertz CT molecular complexity index is 1020. The zero-order chi connectivity index (χ0) is 21.2. The third kappa shape index (κ3) is 5.20. The van der Waals surface area contributed by atoms with E-state index in [1.54, 1.807) is 6.07 Å². The van der Waals surface area contributed by atoms with E-state index in [1.807, 2.05) is 0 Å². The van der Waals surface area contributed by atoms with Gasteiger partial charge in [-0.1, -0.05) is 23.7 Å². The number of benzene rings is 2. The third-order valence-electron chi connectivity index (χ3n) is 5.20. The lowest BCUT2D eigenvalue weighted by atomic mass is 9.81. The molecule has 0 heterocycles. The van der Waals surface area contributed by atoms with Crippen LogP contribution in [0.25, 0.3) is 0 Å². The number of carbonyl (C=O) groups is 1. The molecule has 0 unspecified atom stereocenters. The first-order chi connectivity index (χ1) is 13.7. The summed E-state index contributed by atoms with van der Waals surface area (Å²) in [4.78, 5) is 11.1. The number of aromatic hydroxyl groups is 2. The fraction of sp³-hybridized carbons (Fsp3) is 0.350. The van der Waals surface area contributed by atoms with Crippen LogP contribution in [0, 0.1) is 0 Å². The Kier molecular flexibility index (Phi) is 6.36. The molecule has 1 saturated carbocycles. The molecular formula is C20H23ClN2O5S. The maximum absolute atomic E-state index is 12.7. The average molecular weight is 439 g/mol. The van der Waals surface area contributed by atoms with Crippen molar-refractivity contribution in [2.45, 2.75) is 49.0 Å². The quantitative estimate of drug-likeness (QED) is 0.551. The Morgan fingerprint density at radius 1 is 1.10 bits per heavy atom. The van der Waals surface area contributed by atoms with Crippen LogP contribution >= 0.6 is 11.6 Å². The van der Waals surface area contributed by atoms with E-state index in [2.05, 4.69) is 4.72 Å². The first-order valence-electron chi connectivity index (χ1n) is 9.26. The molecule has 2 aromatic rings. The van der Waals surface area contributed by atoms with Gasteiger partial charge < -0.3 is 15.9 Å². The number of hydrogen-bond acceptors (Lipinski definition) is 5. The highest BCUT2D eigenvalue weighted by Gasteiger charge is 2.28. The summed E-state index contributed by atoms with van der Waals surface area (Å²) in [6.45, 7) is 0. The molecule has 7 nitrogen and oxygen atoms in total. The smallest absolute Gasteiger partial charge is 0.240 e. The first kappa shape index (κ1) is 21.4. The summed E-state index contributed by atoms with van der Waals surface area (Å²) in [5.41, 5.74) is 6.40. The van der Waals surface area contributed by atoms with E-state index in [4.69, 9.17) is 17.3 Å². The van der Waals surface area contributed by atoms with Crippen molar-refractivity contribution in [2.75, 3.05) is 0 Å². The number of sulfonamides is 1. The SMILES string of the molecule is NC(=O)Cc1ccc(S(=O)(=O)NC2CCC(c3ccc(O)cc3O)CC2)cc1Cl. The molecule has 0 aromatic heterocycles. The van der Waals surface area contributed by atoms with Gasteiger partial charge in [0.2, 0.25) is 15.9 Å². The normalized spacial score (nSPS) is 19.8. The van der Waals surface area contributed by atoms with Gasteiger partial charge >= 0.3 is 0 Å². The molecule has 0 radical (unpaired) electrons. The highest BCUT2D eigenvalue weighted by Crippen LogP contribution is 2.38. The second-order valence-corrected chi connectivity index (χ2v) is 9.43. The minimum absolute atomic E-state index is 0.00760. The number of phenols is 2. The van der Waals surface area contributed by atoms with E-state index in [0.29, 0.717) is 31.2 Å². The van der Waals surface area contributed by atoms with E-state index < -0.39 is 15.9 Å². The Balaban J connectivity index is 1.65. The first-order valence-corrected chi connectivity index (χ1v) is 11.1. The van der Waals surface area contributed by atoms with Crippen molar-refractivity contribution < 1.29 is 23.4 Å². The molecule has 3 rings (SSSR count). The number of rotatable bonds is 6. The summed E-state index contributed by atoms with van der Waals surface area (Å²) in [6, 6.07) is 8.56. The number of amides is 1. The Morgan fingerprint density at radius 3 is 2.38 bits per heavy atom. The van der Waals surface area contributed by atoms with Crippen LogP contribution in [0.4, 0.5) is 0 Å². The lowest BCUT2D eigenvalue weighted by Crippen LogP contribution is -2.37. The Labute approximate surface area is 174 Å². The predicted molar refractivity (Wildman–Crippen MR) is 109 cm³/mol. The number of nitrogens with two attached hydrogens (primary N) is 1. The summed E-state index contributed by atoms with van der Waals surface area (Å²) in [7, 11) is -3.76. The van der Waals surface area contributed by atoms with Crippen molar-refractivity contribution in [1.29, 1.82) is 0 Å². The second kappa shape index (κ2) is 8.61. The number of carbonyl (C=O) groups excluding carboxylic acids is 1. The second-order valence-electron chi connectivity index (χ2n) is 7.31. The molecule has 5 N–H and O–H groups in total. The molecule has 156 valence electrons. The van der Waals surface area contributed by atoms with Crippen LogP contribution in [0.1, 0.15) is 42.7 Å². The van der Waals surface area contributed by atoms with Gasteiger partial charge in [-0.2, -0.15) is 0 Å². The molecular weight excluding hydrogens is 416 g/mol. The highest BCUT2D eigenvalue weighted by atomic mass is 35.5. The summed E-state index contributed by atoms with van der Waals surface area (Å²) >= 11 is 6.09. The van der Waals surface area contributed by atoms with Gasteiger partial charge in [0.05, 0.1) is 11.3 Å². The number of hydrogen-bond donors (Lipinski definition) is 4. The molecule has 29 heavy (non-hydrogen) atoms. The molecule has 0 atom stereocenters. The van der Waals surface area contributed by atoms with E-state index in [-0.39, 0.29) is 39.8 Å². The summed E-state index contributed by atoms with van der Waals surface area (Å²) < 4.78 is 28.1. The maximum atomic E-state index is 12.7. The topological polar surface area (TPSA) is 130 Å². The third-order valence-corrected chi connectivity index (χ3v) is 7.07. The van der Waals surface area contributed by atoms with E-state index >= 15 is 0 Å². The van der Waals surface area contributed by atoms with Crippen LogP contribution in [0.2, 0.25) is 5.02 Å². The van der Waals surface area contributed by atoms with Gasteiger partial charge in [0.15, 0.2) is 0 Å². The van der Waals surface area contributed by atoms with Crippen molar-refractivity contribution in [3.63, 3.8) is 0 Å². The van der Waals surface area contributed by atoms with Gasteiger partial charge in [-0.25, -0.2) is 13.1 Å². The standard InChI is InChI=1S/C20H23ClN2O5S/c21-18-11-16(7-3-13(18)9-20(22)26)29(27,28)23-14-4-1-12(2-5-14)17-8-6-15(24)10-19(17)25/h3,6-8,10-12,14,23-25H,1-2,4-5,9H2,(H2,22,26). The van der Waals surface area contributed by atoms with Crippen LogP contribution in [0.3, 0.4) is 0 Å². The van der Waals surface area contributed by atoms with Gasteiger partial charge in [0.1, 0.15) is 11.5 Å². The largest absolute Gasteiger partial charge is 0.508 e. The Morgan fingerprint density at radius 2 is 1.79 bits per heavy atom. The zero-order valence-electron chi connectivity index (χ0n) is 15.6. The monoisotopic (exact) mass is 438 g/mol. The number of primary amides is 1. The molecule has 9 heteroatoms. The van der Waals surface area contributed by atoms with Gasteiger partial charge in [-0.05, 0) is 60.9 Å². The molecule has 0 aliphatic heterocycles. The van der Waals surface area contributed by atoms with Crippen molar-refractivity contribution in [2.24, 2.45) is 5.73 Å². The van der Waals surface area contributed by atoms with Crippen LogP contribution in [-0.4, -0.2) is 30.6 Å². The van der Waals surface area contributed by atoms with Crippen molar-refractivity contribution in [3.8, 4) is 11.5 Å². The van der Waals surface area contributed by atoms with Gasteiger partial charge in [-0.3, -0.25) is 4.79 Å². The highest BCUT2D eigenvalue weighted by molar-refractivity contribution is 7.89. The van der Waals surface area contributed by atoms with Gasteiger partial charge in [0.25, 0.3) is 0 Å². The minimum atomic E-state index is -3.76. The van der Waals surface area contributed by atoms with Crippen LogP contribution in [0.15, 0.2) is 41.3 Å². The molecule has 1 fully saturated rings. The van der Waals surface area contributed by atoms with Gasteiger partial charge in [0, 0.05) is 17.1 Å². The van der Waals surface area contributed by atoms with Crippen LogP contribution < -0.4 is 10.5 Å². The molecule has 0 spiro atoms. The summed E-state index contributed by atoms with van der Waals surface area (Å²) in [5, 5.41) is 19.6. The molecule has 0 bridgehead atoms. The summed E-state index contributed by atoms with van der Waals surface area (Å²) in [5.74, 6) is -0.371. The van der Waals surface area contributed by atoms with Gasteiger partial charge in [-0.15, -0.1) is 0 Å². The lowest BCUT2D eigenvalue weighted by molar-refractivity contribution is -0.117. The molecule has 1 amide bonds. The predicted octanol–water partition coefficient (Wildman–Crippen LogP) is 2.78. The molecule has 1 aliphatic rings. The number of halogens is 1. The fourth-order valence-electron chi connectivity index (χ4n) is 3.71. The molecule has 0 saturated heterocycles. The minimum Gasteiger partial charge on any atom is -0.508 e.